The van der Waals surface area contributed by atoms with Crippen LogP contribution in [-0.4, -0.2) is 11.6 Å². The number of hydrogen-bond donors (Lipinski definition) is 0. The number of rotatable bonds is 0. The number of Topliss-reactive ketones (excluding diaryl/α,β-unsaturated/α-hetero) is 1. The topological polar surface area (TPSA) is 34.1 Å². The van der Waals surface area contributed by atoms with Crippen molar-refractivity contribution >= 4 is 11.6 Å². The SMILES string of the molecule is CC1=CC(=O)CC2CC3(C)CC(=O)CC2C13. The molecule has 4 unspecified atom stereocenters. The number of carbonyl (C=O) groups is 2. The molecule has 86 valence electrons. The molecule has 0 spiro atoms. The van der Waals surface area contributed by atoms with Crippen molar-refractivity contribution in [2.24, 2.45) is 23.2 Å². The van der Waals surface area contributed by atoms with Gasteiger partial charge in [-0.2, -0.15) is 0 Å². The average Bonchev–Trinajstić information content (AvgIpc) is 2.23. The maximum absolute atomic E-state index is 11.8. The van der Waals surface area contributed by atoms with Crippen molar-refractivity contribution in [1.29, 1.82) is 0 Å². The molecule has 3 rings (SSSR count). The molecule has 0 radical (unpaired) electrons. The Balaban J connectivity index is 2.09. The summed E-state index contributed by atoms with van der Waals surface area (Å²) in [6.07, 6.45) is 5.02. The highest BCUT2D eigenvalue weighted by molar-refractivity contribution is 5.91. The smallest absolute Gasteiger partial charge is 0.155 e. The molecular weight excluding hydrogens is 200 g/mol. The van der Waals surface area contributed by atoms with Gasteiger partial charge in [0.2, 0.25) is 0 Å². The maximum atomic E-state index is 11.8. The average molecular weight is 218 g/mol. The molecule has 3 aliphatic carbocycles. The van der Waals surface area contributed by atoms with Crippen LogP contribution in [0.2, 0.25) is 0 Å². The first-order valence-electron chi connectivity index (χ1n) is 6.22. The van der Waals surface area contributed by atoms with E-state index in [-0.39, 0.29) is 11.2 Å². The molecule has 0 saturated heterocycles. The molecule has 2 fully saturated rings. The molecule has 0 amide bonds. The Morgan fingerprint density at radius 2 is 2.06 bits per heavy atom. The molecule has 0 heterocycles. The summed E-state index contributed by atoms with van der Waals surface area (Å²) in [6, 6.07) is 0. The van der Waals surface area contributed by atoms with Gasteiger partial charge in [0.1, 0.15) is 5.78 Å². The fourth-order valence-corrected chi connectivity index (χ4v) is 4.69. The van der Waals surface area contributed by atoms with E-state index in [4.69, 9.17) is 0 Å². The van der Waals surface area contributed by atoms with E-state index in [2.05, 4.69) is 13.8 Å². The first-order valence-corrected chi connectivity index (χ1v) is 6.22. The molecule has 16 heavy (non-hydrogen) atoms. The number of ketones is 2. The highest BCUT2D eigenvalue weighted by atomic mass is 16.1. The summed E-state index contributed by atoms with van der Waals surface area (Å²) in [5, 5.41) is 0. The largest absolute Gasteiger partial charge is 0.300 e. The van der Waals surface area contributed by atoms with Gasteiger partial charge in [0, 0.05) is 19.3 Å². The van der Waals surface area contributed by atoms with Gasteiger partial charge in [-0.3, -0.25) is 9.59 Å². The molecular formula is C14H18O2. The molecule has 4 bridgehead atoms. The Bertz CT molecular complexity index is 407. The summed E-state index contributed by atoms with van der Waals surface area (Å²) in [7, 11) is 0. The van der Waals surface area contributed by atoms with Crippen molar-refractivity contribution in [3.8, 4) is 0 Å². The van der Waals surface area contributed by atoms with Crippen LogP contribution in [0.3, 0.4) is 0 Å². The lowest BCUT2D eigenvalue weighted by atomic mass is 9.65. The van der Waals surface area contributed by atoms with Crippen molar-refractivity contribution in [1.82, 2.24) is 0 Å². The normalized spacial score (nSPS) is 46.6. The molecule has 4 atom stereocenters. The molecule has 3 aliphatic rings. The number of hydrogen-bond acceptors (Lipinski definition) is 2. The lowest BCUT2D eigenvalue weighted by molar-refractivity contribution is -0.125. The van der Waals surface area contributed by atoms with Crippen molar-refractivity contribution in [3.05, 3.63) is 11.6 Å². The molecule has 0 aromatic rings. The van der Waals surface area contributed by atoms with Gasteiger partial charge in [0.05, 0.1) is 0 Å². The second-order valence-corrected chi connectivity index (χ2v) is 6.24. The highest BCUT2D eigenvalue weighted by Crippen LogP contribution is 2.61. The predicted molar refractivity (Wildman–Crippen MR) is 60.8 cm³/mol. The van der Waals surface area contributed by atoms with Gasteiger partial charge in [0.25, 0.3) is 0 Å². The molecule has 2 nitrogen and oxygen atoms in total. The van der Waals surface area contributed by atoms with Crippen molar-refractivity contribution < 1.29 is 9.59 Å². The van der Waals surface area contributed by atoms with E-state index in [0.29, 0.717) is 36.4 Å². The Hall–Kier alpha value is -0.920. The quantitative estimate of drug-likeness (QED) is 0.626. The van der Waals surface area contributed by atoms with Crippen LogP contribution in [-0.2, 0) is 9.59 Å². The standard InChI is InChI=1S/C14H18O2/c1-8-3-10(15)4-9-6-14(2)7-11(16)5-12(9)13(8)14/h3,9,12-13H,4-7H2,1-2H3. The van der Waals surface area contributed by atoms with Gasteiger partial charge in [-0.1, -0.05) is 12.5 Å². The van der Waals surface area contributed by atoms with E-state index in [9.17, 15) is 9.59 Å². The van der Waals surface area contributed by atoms with Crippen molar-refractivity contribution in [2.75, 3.05) is 0 Å². The first kappa shape index (κ1) is 10.2. The van der Waals surface area contributed by atoms with Crippen LogP contribution in [0, 0.1) is 23.2 Å². The molecule has 0 aliphatic heterocycles. The van der Waals surface area contributed by atoms with E-state index in [1.165, 1.54) is 5.57 Å². The fraction of sp³-hybridized carbons (Fsp3) is 0.714. The van der Waals surface area contributed by atoms with E-state index in [1.807, 2.05) is 6.08 Å². The fourth-order valence-electron chi connectivity index (χ4n) is 4.69. The van der Waals surface area contributed by atoms with Crippen LogP contribution in [0.25, 0.3) is 0 Å². The summed E-state index contributed by atoms with van der Waals surface area (Å²) >= 11 is 0. The number of carbonyl (C=O) groups excluding carboxylic acids is 2. The summed E-state index contributed by atoms with van der Waals surface area (Å²) in [5.74, 6) is 2.08. The minimum atomic E-state index is 0.145. The zero-order valence-electron chi connectivity index (χ0n) is 9.95. The van der Waals surface area contributed by atoms with Crippen LogP contribution in [0.1, 0.15) is 39.5 Å². The first-order chi connectivity index (χ1) is 7.49. The minimum Gasteiger partial charge on any atom is -0.300 e. The third-order valence-electron chi connectivity index (χ3n) is 4.92. The summed E-state index contributed by atoms with van der Waals surface area (Å²) in [6.45, 7) is 4.33. The minimum absolute atomic E-state index is 0.145. The van der Waals surface area contributed by atoms with Crippen molar-refractivity contribution in [2.45, 2.75) is 39.5 Å². The van der Waals surface area contributed by atoms with Crippen LogP contribution in [0.4, 0.5) is 0 Å². The molecule has 2 saturated carbocycles. The van der Waals surface area contributed by atoms with Gasteiger partial charge >= 0.3 is 0 Å². The van der Waals surface area contributed by atoms with E-state index in [1.54, 1.807) is 0 Å². The van der Waals surface area contributed by atoms with Crippen LogP contribution < -0.4 is 0 Å². The molecule has 0 aromatic carbocycles. The number of allylic oxidation sites excluding steroid dienone is 2. The van der Waals surface area contributed by atoms with Gasteiger partial charge in [-0.15, -0.1) is 0 Å². The Labute approximate surface area is 96.1 Å². The van der Waals surface area contributed by atoms with E-state index in [0.717, 1.165) is 12.8 Å². The van der Waals surface area contributed by atoms with Gasteiger partial charge < -0.3 is 0 Å². The summed E-state index contributed by atoms with van der Waals surface area (Å²) in [5.41, 5.74) is 1.37. The van der Waals surface area contributed by atoms with Crippen molar-refractivity contribution in [3.63, 3.8) is 0 Å². The summed E-state index contributed by atoms with van der Waals surface area (Å²) < 4.78 is 0. The van der Waals surface area contributed by atoms with E-state index < -0.39 is 0 Å². The van der Waals surface area contributed by atoms with E-state index >= 15 is 0 Å². The van der Waals surface area contributed by atoms with Crippen LogP contribution in [0.5, 0.6) is 0 Å². The monoisotopic (exact) mass is 218 g/mol. The summed E-state index contributed by atoms with van der Waals surface area (Å²) in [4.78, 5) is 23.5. The Morgan fingerprint density at radius 3 is 2.81 bits per heavy atom. The Kier molecular flexibility index (Phi) is 1.96. The van der Waals surface area contributed by atoms with Crippen LogP contribution in [0.15, 0.2) is 11.6 Å². The van der Waals surface area contributed by atoms with Gasteiger partial charge in [-0.05, 0) is 42.6 Å². The third-order valence-corrected chi connectivity index (χ3v) is 4.92. The lowest BCUT2D eigenvalue weighted by Gasteiger charge is -2.38. The predicted octanol–water partition coefficient (Wildman–Crippen LogP) is 2.53. The molecule has 0 aromatic heterocycles. The third kappa shape index (κ3) is 1.25. The van der Waals surface area contributed by atoms with Gasteiger partial charge in [-0.25, -0.2) is 0 Å². The molecule has 2 heteroatoms. The van der Waals surface area contributed by atoms with Gasteiger partial charge in [0.15, 0.2) is 5.78 Å². The van der Waals surface area contributed by atoms with Crippen LogP contribution >= 0.6 is 0 Å². The zero-order chi connectivity index (χ0) is 11.5. The maximum Gasteiger partial charge on any atom is 0.155 e. The Morgan fingerprint density at radius 1 is 1.31 bits per heavy atom. The lowest BCUT2D eigenvalue weighted by Crippen LogP contribution is -2.35. The second-order valence-electron chi connectivity index (χ2n) is 6.24. The molecule has 0 N–H and O–H groups in total. The second kappa shape index (κ2) is 3.06. The zero-order valence-corrected chi connectivity index (χ0v) is 9.95. The highest BCUT2D eigenvalue weighted by Gasteiger charge is 2.56.